The molecule has 0 aromatic rings. The number of hydrogen-bond acceptors (Lipinski definition) is 3. The van der Waals surface area contributed by atoms with Gasteiger partial charge in [-0.2, -0.15) is 0 Å². The van der Waals surface area contributed by atoms with E-state index in [0.29, 0.717) is 12.0 Å². The monoisotopic (exact) mass is 267 g/mol. The third kappa shape index (κ3) is 3.14. The van der Waals surface area contributed by atoms with E-state index in [2.05, 4.69) is 39.5 Å². The molecule has 0 amide bonds. The number of allylic oxidation sites excluding steroid dienone is 1. The lowest BCUT2D eigenvalue weighted by molar-refractivity contribution is -0.249. The summed E-state index contributed by atoms with van der Waals surface area (Å²) in [5.41, 5.74) is 1.35. The fourth-order valence-corrected chi connectivity index (χ4v) is 3.02. The highest BCUT2D eigenvalue weighted by atomic mass is 16.7. The van der Waals surface area contributed by atoms with Crippen LogP contribution in [0.3, 0.4) is 0 Å². The van der Waals surface area contributed by atoms with E-state index in [1.54, 1.807) is 0 Å². The summed E-state index contributed by atoms with van der Waals surface area (Å²) in [4.78, 5) is 2.51. The van der Waals surface area contributed by atoms with Gasteiger partial charge >= 0.3 is 0 Å². The molecular formula is C16H29NO2. The smallest absolute Gasteiger partial charge is 0.212 e. The third-order valence-electron chi connectivity index (χ3n) is 4.47. The van der Waals surface area contributed by atoms with Crippen molar-refractivity contribution in [3.63, 3.8) is 0 Å². The minimum Gasteiger partial charge on any atom is -0.467 e. The lowest BCUT2D eigenvalue weighted by atomic mass is 9.96. The number of piperidine rings is 1. The van der Waals surface area contributed by atoms with Crippen LogP contribution >= 0.6 is 0 Å². The first-order valence-electron chi connectivity index (χ1n) is 7.76. The number of ether oxygens (including phenoxy) is 2. The molecule has 19 heavy (non-hydrogen) atoms. The summed E-state index contributed by atoms with van der Waals surface area (Å²) in [6, 6.07) is 0.619. The molecule has 1 saturated heterocycles. The predicted octanol–water partition coefficient (Wildman–Crippen LogP) is 3.55. The first-order valence-corrected chi connectivity index (χ1v) is 7.76. The Morgan fingerprint density at radius 2 is 1.79 bits per heavy atom. The first-order chi connectivity index (χ1) is 8.97. The minimum atomic E-state index is -0.338. The molecule has 0 saturated carbocycles. The molecule has 110 valence electrons. The largest absolute Gasteiger partial charge is 0.467 e. The SMILES string of the molecule is CCC1=C(C(C)C)COC2(CCN(C(C)C)CC2)O1. The van der Waals surface area contributed by atoms with Crippen molar-refractivity contribution < 1.29 is 9.47 Å². The van der Waals surface area contributed by atoms with Crippen molar-refractivity contribution in [2.75, 3.05) is 19.7 Å². The van der Waals surface area contributed by atoms with E-state index in [4.69, 9.17) is 9.47 Å². The lowest BCUT2D eigenvalue weighted by Gasteiger charge is -2.46. The van der Waals surface area contributed by atoms with Crippen molar-refractivity contribution in [2.45, 2.75) is 65.7 Å². The summed E-state index contributed by atoms with van der Waals surface area (Å²) < 4.78 is 12.4. The second-order valence-corrected chi connectivity index (χ2v) is 6.39. The number of rotatable bonds is 3. The molecule has 0 aromatic carbocycles. The van der Waals surface area contributed by atoms with Crippen molar-refractivity contribution in [3.8, 4) is 0 Å². The van der Waals surface area contributed by atoms with E-state index >= 15 is 0 Å². The normalized spacial score (nSPS) is 24.4. The van der Waals surface area contributed by atoms with Gasteiger partial charge in [-0.15, -0.1) is 0 Å². The van der Waals surface area contributed by atoms with Crippen molar-refractivity contribution in [2.24, 2.45) is 5.92 Å². The van der Waals surface area contributed by atoms with Crippen LogP contribution in [0.1, 0.15) is 53.9 Å². The Kier molecular flexibility index (Phi) is 4.57. The topological polar surface area (TPSA) is 21.7 Å². The first kappa shape index (κ1) is 14.9. The fraction of sp³-hybridized carbons (Fsp3) is 0.875. The molecule has 0 unspecified atom stereocenters. The summed E-state index contributed by atoms with van der Waals surface area (Å²) in [6.07, 6.45) is 2.95. The molecule has 2 aliphatic heterocycles. The standard InChI is InChI=1S/C16H29NO2/c1-6-15-14(12(2)3)11-18-16(19-15)7-9-17(10-8-16)13(4)5/h12-13H,6-11H2,1-5H3. The Morgan fingerprint density at radius 1 is 1.16 bits per heavy atom. The van der Waals surface area contributed by atoms with Gasteiger partial charge in [0.1, 0.15) is 5.76 Å². The van der Waals surface area contributed by atoms with Crippen LogP contribution in [0.4, 0.5) is 0 Å². The molecular weight excluding hydrogens is 238 g/mol. The summed E-state index contributed by atoms with van der Waals surface area (Å²) in [7, 11) is 0. The zero-order chi connectivity index (χ0) is 14.0. The van der Waals surface area contributed by atoms with Gasteiger partial charge in [-0.3, -0.25) is 0 Å². The van der Waals surface area contributed by atoms with Gasteiger partial charge in [0.15, 0.2) is 0 Å². The molecule has 0 aliphatic carbocycles. The molecule has 0 N–H and O–H groups in total. The third-order valence-corrected chi connectivity index (χ3v) is 4.47. The molecule has 3 heteroatoms. The summed E-state index contributed by atoms with van der Waals surface area (Å²) in [5, 5.41) is 0. The maximum atomic E-state index is 6.30. The number of likely N-dealkylation sites (tertiary alicyclic amines) is 1. The quantitative estimate of drug-likeness (QED) is 0.780. The van der Waals surface area contributed by atoms with Gasteiger partial charge < -0.3 is 14.4 Å². The van der Waals surface area contributed by atoms with E-state index < -0.39 is 0 Å². The maximum absolute atomic E-state index is 6.30. The van der Waals surface area contributed by atoms with Crippen LogP contribution in [0.2, 0.25) is 0 Å². The number of nitrogens with zero attached hydrogens (tertiary/aromatic N) is 1. The van der Waals surface area contributed by atoms with Gasteiger partial charge in [0, 0.05) is 38.4 Å². The van der Waals surface area contributed by atoms with Gasteiger partial charge in [0.05, 0.1) is 6.61 Å². The zero-order valence-electron chi connectivity index (χ0n) is 13.2. The van der Waals surface area contributed by atoms with Crippen molar-refractivity contribution in [1.82, 2.24) is 4.90 Å². The molecule has 0 radical (unpaired) electrons. The number of hydrogen-bond donors (Lipinski definition) is 0. The van der Waals surface area contributed by atoms with Crippen LogP contribution < -0.4 is 0 Å². The fourth-order valence-electron chi connectivity index (χ4n) is 3.02. The molecule has 2 heterocycles. The van der Waals surface area contributed by atoms with Crippen molar-refractivity contribution in [1.29, 1.82) is 0 Å². The van der Waals surface area contributed by atoms with Crippen LogP contribution in [0.25, 0.3) is 0 Å². The van der Waals surface area contributed by atoms with Crippen LogP contribution in [0.15, 0.2) is 11.3 Å². The molecule has 0 bridgehead atoms. The summed E-state index contributed by atoms with van der Waals surface area (Å²) >= 11 is 0. The second kappa shape index (κ2) is 5.84. The Hall–Kier alpha value is -0.540. The summed E-state index contributed by atoms with van der Waals surface area (Å²) in [6.45, 7) is 14.0. The van der Waals surface area contributed by atoms with Gasteiger partial charge in [-0.05, 0) is 25.3 Å². The van der Waals surface area contributed by atoms with Crippen LogP contribution in [0, 0.1) is 5.92 Å². The molecule has 0 aromatic heterocycles. The second-order valence-electron chi connectivity index (χ2n) is 6.39. The van der Waals surface area contributed by atoms with Crippen molar-refractivity contribution >= 4 is 0 Å². The van der Waals surface area contributed by atoms with Crippen molar-refractivity contribution in [3.05, 3.63) is 11.3 Å². The maximum Gasteiger partial charge on any atom is 0.212 e. The van der Waals surface area contributed by atoms with Gasteiger partial charge in [0.2, 0.25) is 5.79 Å². The van der Waals surface area contributed by atoms with Crippen LogP contribution in [-0.2, 0) is 9.47 Å². The highest BCUT2D eigenvalue weighted by Crippen LogP contribution is 2.37. The van der Waals surface area contributed by atoms with Gasteiger partial charge in [-0.1, -0.05) is 20.8 Å². The Morgan fingerprint density at radius 3 is 2.26 bits per heavy atom. The van der Waals surface area contributed by atoms with Crippen LogP contribution in [-0.4, -0.2) is 36.4 Å². The predicted molar refractivity (Wildman–Crippen MR) is 77.9 cm³/mol. The lowest BCUT2D eigenvalue weighted by Crippen LogP contribution is -2.51. The van der Waals surface area contributed by atoms with E-state index in [-0.39, 0.29) is 5.79 Å². The van der Waals surface area contributed by atoms with E-state index in [1.165, 1.54) is 11.3 Å². The average Bonchev–Trinajstić information content (AvgIpc) is 2.38. The average molecular weight is 267 g/mol. The molecule has 3 nitrogen and oxygen atoms in total. The van der Waals surface area contributed by atoms with Gasteiger partial charge in [-0.25, -0.2) is 0 Å². The zero-order valence-corrected chi connectivity index (χ0v) is 13.2. The van der Waals surface area contributed by atoms with E-state index in [1.807, 2.05) is 0 Å². The summed E-state index contributed by atoms with van der Waals surface area (Å²) in [5.74, 6) is 1.36. The van der Waals surface area contributed by atoms with Gasteiger partial charge in [0.25, 0.3) is 0 Å². The Bertz CT molecular complexity index is 339. The highest BCUT2D eigenvalue weighted by molar-refractivity contribution is 5.15. The molecule has 1 spiro atoms. The Balaban J connectivity index is 2.05. The van der Waals surface area contributed by atoms with E-state index in [9.17, 15) is 0 Å². The minimum absolute atomic E-state index is 0.338. The van der Waals surface area contributed by atoms with Crippen LogP contribution in [0.5, 0.6) is 0 Å². The molecule has 2 rings (SSSR count). The molecule has 0 atom stereocenters. The highest BCUT2D eigenvalue weighted by Gasteiger charge is 2.41. The molecule has 2 aliphatic rings. The molecule has 1 fully saturated rings. The Labute approximate surface area is 117 Å². The van der Waals surface area contributed by atoms with E-state index in [0.717, 1.165) is 39.0 Å².